The molecular weight excluding hydrogens is 352 g/mol. The first-order valence-electron chi connectivity index (χ1n) is 9.07. The Morgan fingerprint density at radius 3 is 2.63 bits per heavy atom. The zero-order valence-electron chi connectivity index (χ0n) is 15.6. The summed E-state index contributed by atoms with van der Waals surface area (Å²) in [4.78, 5) is 25.5. The topological polar surface area (TPSA) is 103 Å². The van der Waals surface area contributed by atoms with Gasteiger partial charge in [-0.2, -0.15) is 0 Å². The van der Waals surface area contributed by atoms with E-state index in [9.17, 15) is 19.8 Å². The molecule has 3 heterocycles. The molecule has 27 heavy (non-hydrogen) atoms. The van der Waals surface area contributed by atoms with E-state index < -0.39 is 35.7 Å². The van der Waals surface area contributed by atoms with Crippen LogP contribution >= 0.6 is 0 Å². The molecule has 1 saturated heterocycles. The Kier molecular flexibility index (Phi) is 4.27. The number of nitrogens with zero attached hydrogens (tertiary/aromatic N) is 2. The summed E-state index contributed by atoms with van der Waals surface area (Å²) in [7, 11) is 1.37. The van der Waals surface area contributed by atoms with Crippen molar-refractivity contribution < 1.29 is 19.7 Å². The minimum atomic E-state index is -1.22. The lowest BCUT2D eigenvalue weighted by atomic mass is 9.78. The second-order valence-corrected chi connectivity index (χ2v) is 7.94. The molecule has 1 fully saturated rings. The maximum atomic E-state index is 12.8. The highest BCUT2D eigenvalue weighted by Gasteiger charge is 2.43. The summed E-state index contributed by atoms with van der Waals surface area (Å²) in [6, 6.07) is 5.65. The molecule has 8 heteroatoms. The van der Waals surface area contributed by atoms with Crippen molar-refractivity contribution in [1.29, 1.82) is 0 Å². The second kappa shape index (κ2) is 6.27. The Bertz CT molecular complexity index is 1010. The van der Waals surface area contributed by atoms with Gasteiger partial charge in [0.05, 0.1) is 17.6 Å². The van der Waals surface area contributed by atoms with E-state index in [1.165, 1.54) is 11.7 Å². The van der Waals surface area contributed by atoms with E-state index >= 15 is 0 Å². The minimum Gasteiger partial charge on any atom is -0.387 e. The van der Waals surface area contributed by atoms with Crippen LogP contribution < -0.4 is 11.1 Å². The lowest BCUT2D eigenvalue weighted by Gasteiger charge is -2.33. The highest BCUT2D eigenvalue weighted by Crippen LogP contribution is 2.36. The second-order valence-electron chi connectivity index (χ2n) is 7.94. The normalized spacial score (nSPS) is 29.4. The summed E-state index contributed by atoms with van der Waals surface area (Å²) in [6.07, 6.45) is -3.49. The van der Waals surface area contributed by atoms with E-state index in [1.807, 2.05) is 12.1 Å². The Hall–Kier alpha value is -2.00. The van der Waals surface area contributed by atoms with Crippen LogP contribution in [-0.2, 0) is 28.0 Å². The Labute approximate surface area is 155 Å². The number of methoxy groups -OCH3 is 1. The van der Waals surface area contributed by atoms with Gasteiger partial charge in [-0.3, -0.25) is 14.2 Å². The van der Waals surface area contributed by atoms with Crippen LogP contribution in [0.3, 0.4) is 0 Å². The van der Waals surface area contributed by atoms with Gasteiger partial charge in [0.15, 0.2) is 6.29 Å². The van der Waals surface area contributed by atoms with Crippen LogP contribution in [-0.4, -0.2) is 51.1 Å². The van der Waals surface area contributed by atoms with Gasteiger partial charge in [0, 0.05) is 13.7 Å². The molecule has 8 nitrogen and oxygen atoms in total. The minimum absolute atomic E-state index is 0.0482. The van der Waals surface area contributed by atoms with Crippen LogP contribution in [0.15, 0.2) is 27.8 Å². The fourth-order valence-electron chi connectivity index (χ4n) is 4.18. The van der Waals surface area contributed by atoms with E-state index in [0.717, 1.165) is 17.5 Å². The van der Waals surface area contributed by atoms with Gasteiger partial charge < -0.3 is 24.3 Å². The van der Waals surface area contributed by atoms with Gasteiger partial charge in [-0.1, -0.05) is 26.0 Å². The van der Waals surface area contributed by atoms with Crippen LogP contribution in [0, 0.1) is 0 Å². The molecule has 0 spiro atoms. The molecule has 1 aromatic carbocycles. The molecule has 2 aromatic rings. The molecule has 2 aliphatic heterocycles. The molecule has 2 aliphatic rings. The third kappa shape index (κ3) is 2.67. The quantitative estimate of drug-likeness (QED) is 0.728. The standard InChI is InChI=1S/C19H24N2O6/c1-19(2)7-8-20-13-10(19)5-4-6-11(13)21(17(25)16(20)24)9-12-14(22)15(23)18(26-3)27-12/h4-6,12,14-15,18,22-23H,7-9H2,1-3H3/t12-,14-,15-,18?/m1/s1. The molecule has 0 aliphatic carbocycles. The number of aromatic nitrogens is 2. The number of aliphatic hydroxyl groups is 2. The van der Waals surface area contributed by atoms with Crippen molar-refractivity contribution in [3.05, 3.63) is 44.5 Å². The molecule has 146 valence electrons. The number of ether oxygens (including phenoxy) is 2. The lowest BCUT2D eigenvalue weighted by Crippen LogP contribution is -2.46. The van der Waals surface area contributed by atoms with Crippen LogP contribution in [0.4, 0.5) is 0 Å². The number of rotatable bonds is 3. The van der Waals surface area contributed by atoms with E-state index in [-0.39, 0.29) is 12.0 Å². The summed E-state index contributed by atoms with van der Waals surface area (Å²) in [5.41, 5.74) is 1.02. The highest BCUT2D eigenvalue weighted by atomic mass is 16.7. The van der Waals surface area contributed by atoms with E-state index in [2.05, 4.69) is 13.8 Å². The number of hydrogen-bond acceptors (Lipinski definition) is 6. The zero-order chi connectivity index (χ0) is 19.5. The van der Waals surface area contributed by atoms with Crippen LogP contribution in [0.25, 0.3) is 11.0 Å². The Morgan fingerprint density at radius 1 is 1.22 bits per heavy atom. The first kappa shape index (κ1) is 18.4. The van der Waals surface area contributed by atoms with Gasteiger partial charge in [0.25, 0.3) is 0 Å². The van der Waals surface area contributed by atoms with Crippen molar-refractivity contribution in [2.75, 3.05) is 7.11 Å². The third-order valence-corrected chi connectivity index (χ3v) is 5.85. The average molecular weight is 376 g/mol. The number of para-hydroxylation sites is 1. The molecule has 1 unspecified atom stereocenters. The lowest BCUT2D eigenvalue weighted by molar-refractivity contribution is -0.150. The molecule has 1 aromatic heterocycles. The van der Waals surface area contributed by atoms with Gasteiger partial charge in [0.2, 0.25) is 0 Å². The SMILES string of the molecule is COC1O[C@H](Cn2c(=O)c(=O)n3c4c(cccc42)C(C)(C)CC3)[C@@H](O)[C@H]1O. The molecule has 4 atom stereocenters. The van der Waals surface area contributed by atoms with Crippen molar-refractivity contribution in [1.82, 2.24) is 9.13 Å². The Balaban J connectivity index is 1.89. The molecule has 2 N–H and O–H groups in total. The predicted molar refractivity (Wildman–Crippen MR) is 97.8 cm³/mol. The fraction of sp³-hybridized carbons (Fsp3) is 0.579. The monoisotopic (exact) mass is 376 g/mol. The summed E-state index contributed by atoms with van der Waals surface area (Å²) in [5.74, 6) is 0. The van der Waals surface area contributed by atoms with Crippen molar-refractivity contribution in [2.45, 2.75) is 63.4 Å². The van der Waals surface area contributed by atoms with Gasteiger partial charge in [-0.05, 0) is 23.5 Å². The van der Waals surface area contributed by atoms with Crippen molar-refractivity contribution >= 4 is 11.0 Å². The fourth-order valence-corrected chi connectivity index (χ4v) is 4.18. The van der Waals surface area contributed by atoms with Crippen molar-refractivity contribution in [3.8, 4) is 0 Å². The van der Waals surface area contributed by atoms with Crippen LogP contribution in [0.1, 0.15) is 25.8 Å². The first-order chi connectivity index (χ1) is 12.8. The van der Waals surface area contributed by atoms with Crippen LogP contribution in [0.5, 0.6) is 0 Å². The largest absolute Gasteiger partial charge is 0.387 e. The highest BCUT2D eigenvalue weighted by molar-refractivity contribution is 5.81. The molecule has 4 rings (SSSR count). The smallest absolute Gasteiger partial charge is 0.317 e. The molecule has 0 amide bonds. The van der Waals surface area contributed by atoms with Crippen LogP contribution in [0.2, 0.25) is 0 Å². The van der Waals surface area contributed by atoms with Gasteiger partial charge in [-0.15, -0.1) is 0 Å². The number of aryl methyl sites for hydroxylation is 1. The van der Waals surface area contributed by atoms with Gasteiger partial charge in [-0.25, -0.2) is 0 Å². The third-order valence-electron chi connectivity index (χ3n) is 5.85. The Morgan fingerprint density at radius 2 is 1.96 bits per heavy atom. The van der Waals surface area contributed by atoms with E-state index in [1.54, 1.807) is 10.6 Å². The summed E-state index contributed by atoms with van der Waals surface area (Å²) in [6.45, 7) is 4.68. The van der Waals surface area contributed by atoms with E-state index in [4.69, 9.17) is 9.47 Å². The summed E-state index contributed by atoms with van der Waals surface area (Å²) in [5, 5.41) is 20.2. The van der Waals surface area contributed by atoms with Gasteiger partial charge >= 0.3 is 11.1 Å². The number of benzene rings is 1. The number of hydrogen-bond donors (Lipinski definition) is 2. The van der Waals surface area contributed by atoms with Crippen molar-refractivity contribution in [2.24, 2.45) is 0 Å². The maximum Gasteiger partial charge on any atom is 0.317 e. The number of aliphatic hydroxyl groups excluding tert-OH is 2. The average Bonchev–Trinajstić information content (AvgIpc) is 2.92. The van der Waals surface area contributed by atoms with E-state index in [0.29, 0.717) is 12.1 Å². The first-order valence-corrected chi connectivity index (χ1v) is 9.07. The predicted octanol–water partition coefficient (Wildman–Crippen LogP) is -0.0624. The summed E-state index contributed by atoms with van der Waals surface area (Å²) < 4.78 is 13.4. The molecule has 0 bridgehead atoms. The maximum absolute atomic E-state index is 12.8. The molecular formula is C19H24N2O6. The molecule has 0 saturated carbocycles. The zero-order valence-corrected chi connectivity index (χ0v) is 15.6. The summed E-state index contributed by atoms with van der Waals surface area (Å²) >= 11 is 0. The van der Waals surface area contributed by atoms with Crippen molar-refractivity contribution in [3.63, 3.8) is 0 Å². The molecule has 0 radical (unpaired) electrons. The van der Waals surface area contributed by atoms with Gasteiger partial charge in [0.1, 0.15) is 18.3 Å².